The Labute approximate surface area is 168 Å². The third kappa shape index (κ3) is 4.69. The van der Waals surface area contributed by atoms with Gasteiger partial charge in [-0.3, -0.25) is 9.59 Å². The Morgan fingerprint density at radius 3 is 2.07 bits per heavy atom. The normalized spacial score (nSPS) is 14.1. The molecule has 0 radical (unpaired) electrons. The van der Waals surface area contributed by atoms with Crippen molar-refractivity contribution in [1.29, 1.82) is 0 Å². The van der Waals surface area contributed by atoms with Crippen LogP contribution >= 0.6 is 0 Å². The Balaban J connectivity index is 1.51. The Morgan fingerprint density at radius 2 is 1.45 bits per heavy atom. The number of hydrogen-bond donors (Lipinski definition) is 2. The highest BCUT2D eigenvalue weighted by atomic mass is 19.1. The molecule has 1 saturated carbocycles. The Bertz CT molecular complexity index is 997. The predicted molar refractivity (Wildman–Crippen MR) is 110 cm³/mol. The Morgan fingerprint density at radius 1 is 0.828 bits per heavy atom. The number of hydrogen-bond acceptors (Lipinski definition) is 2. The number of anilines is 1. The summed E-state index contributed by atoms with van der Waals surface area (Å²) in [5, 5.41) is 5.89. The van der Waals surface area contributed by atoms with Crippen molar-refractivity contribution in [1.82, 2.24) is 5.32 Å². The molecule has 4 nitrogen and oxygen atoms in total. The first-order valence-electron chi connectivity index (χ1n) is 9.62. The fraction of sp³-hybridized carbons (Fsp3) is 0.167. The molecule has 0 bridgehead atoms. The second-order valence-electron chi connectivity index (χ2n) is 7.21. The van der Waals surface area contributed by atoms with Gasteiger partial charge in [0.2, 0.25) is 5.91 Å². The van der Waals surface area contributed by atoms with Crippen LogP contribution in [0.2, 0.25) is 0 Å². The first-order chi connectivity index (χ1) is 14.1. The number of halogens is 1. The molecule has 4 rings (SSSR count). The second kappa shape index (κ2) is 8.27. The van der Waals surface area contributed by atoms with Gasteiger partial charge in [-0.15, -0.1) is 0 Å². The molecular weight excluding hydrogens is 367 g/mol. The van der Waals surface area contributed by atoms with Crippen LogP contribution in [0, 0.1) is 11.7 Å². The molecule has 2 amide bonds. The van der Waals surface area contributed by atoms with Gasteiger partial charge in [0.05, 0.1) is 6.04 Å². The molecule has 146 valence electrons. The molecule has 1 atom stereocenters. The van der Waals surface area contributed by atoms with Gasteiger partial charge in [-0.25, -0.2) is 4.39 Å². The molecule has 3 aromatic carbocycles. The highest BCUT2D eigenvalue weighted by Crippen LogP contribution is 2.30. The summed E-state index contributed by atoms with van der Waals surface area (Å²) in [5.74, 6) is -0.415. The van der Waals surface area contributed by atoms with E-state index in [9.17, 15) is 14.0 Å². The van der Waals surface area contributed by atoms with Gasteiger partial charge >= 0.3 is 0 Å². The molecule has 1 aliphatic rings. The van der Waals surface area contributed by atoms with Crippen molar-refractivity contribution in [3.8, 4) is 0 Å². The molecule has 5 heteroatoms. The summed E-state index contributed by atoms with van der Waals surface area (Å²) >= 11 is 0. The van der Waals surface area contributed by atoms with Gasteiger partial charge in [-0.1, -0.05) is 42.5 Å². The summed E-state index contributed by atoms with van der Waals surface area (Å²) in [6.45, 7) is 0. The van der Waals surface area contributed by atoms with Crippen molar-refractivity contribution < 1.29 is 14.0 Å². The molecule has 0 heterocycles. The van der Waals surface area contributed by atoms with Crippen LogP contribution in [-0.2, 0) is 4.79 Å². The molecule has 0 aromatic heterocycles. The number of nitrogens with one attached hydrogen (secondary N) is 2. The summed E-state index contributed by atoms with van der Waals surface area (Å²) in [6.07, 6.45) is 1.88. The monoisotopic (exact) mass is 388 g/mol. The maximum atomic E-state index is 13.3. The molecule has 1 aliphatic carbocycles. The minimum Gasteiger partial charge on any atom is -0.341 e. The van der Waals surface area contributed by atoms with Crippen LogP contribution in [-0.4, -0.2) is 11.8 Å². The van der Waals surface area contributed by atoms with Gasteiger partial charge in [-0.05, 0) is 60.4 Å². The van der Waals surface area contributed by atoms with E-state index in [0.717, 1.165) is 24.0 Å². The standard InChI is InChI=1S/C24H21FN2O2/c25-20-12-8-17(9-13-20)22(16-4-2-1-3-5-16)27-24(29)19-10-14-21(15-11-19)26-23(28)18-6-7-18/h1-5,8-15,18,22H,6-7H2,(H,26,28)(H,27,29). The number of rotatable bonds is 6. The van der Waals surface area contributed by atoms with E-state index in [-0.39, 0.29) is 23.5 Å². The molecule has 0 spiro atoms. The third-order valence-electron chi connectivity index (χ3n) is 4.97. The lowest BCUT2D eigenvalue weighted by atomic mass is 9.98. The number of carbonyl (C=O) groups is 2. The van der Waals surface area contributed by atoms with E-state index in [4.69, 9.17) is 0 Å². The van der Waals surface area contributed by atoms with Crippen molar-refractivity contribution in [2.45, 2.75) is 18.9 Å². The van der Waals surface area contributed by atoms with E-state index in [1.165, 1.54) is 12.1 Å². The molecule has 1 unspecified atom stereocenters. The maximum Gasteiger partial charge on any atom is 0.252 e. The zero-order valence-corrected chi connectivity index (χ0v) is 15.8. The van der Waals surface area contributed by atoms with E-state index in [1.807, 2.05) is 30.3 Å². The molecule has 0 aliphatic heterocycles. The van der Waals surface area contributed by atoms with E-state index >= 15 is 0 Å². The first-order valence-corrected chi connectivity index (χ1v) is 9.62. The Kier molecular flexibility index (Phi) is 5.38. The highest BCUT2D eigenvalue weighted by molar-refractivity contribution is 5.97. The molecule has 29 heavy (non-hydrogen) atoms. The van der Waals surface area contributed by atoms with Crippen LogP contribution in [0.3, 0.4) is 0 Å². The summed E-state index contributed by atoms with van der Waals surface area (Å²) in [7, 11) is 0. The van der Waals surface area contributed by atoms with Gasteiger partial charge in [0, 0.05) is 17.2 Å². The predicted octanol–water partition coefficient (Wildman–Crippen LogP) is 4.69. The molecule has 3 aromatic rings. The number of amides is 2. The summed E-state index contributed by atoms with van der Waals surface area (Å²) in [6, 6.07) is 22.1. The van der Waals surface area contributed by atoms with Crippen LogP contribution in [0.4, 0.5) is 10.1 Å². The van der Waals surface area contributed by atoms with Crippen molar-refractivity contribution in [3.05, 3.63) is 101 Å². The van der Waals surface area contributed by atoms with Gasteiger partial charge < -0.3 is 10.6 Å². The van der Waals surface area contributed by atoms with Gasteiger partial charge in [0.1, 0.15) is 5.82 Å². The minimum atomic E-state index is -0.404. The average Bonchev–Trinajstić information content (AvgIpc) is 3.59. The number of carbonyl (C=O) groups excluding carboxylic acids is 2. The maximum absolute atomic E-state index is 13.3. The summed E-state index contributed by atoms with van der Waals surface area (Å²) in [5.41, 5.74) is 2.86. The summed E-state index contributed by atoms with van der Waals surface area (Å²) in [4.78, 5) is 24.7. The largest absolute Gasteiger partial charge is 0.341 e. The zero-order chi connectivity index (χ0) is 20.2. The van der Waals surface area contributed by atoms with E-state index < -0.39 is 6.04 Å². The first kappa shape index (κ1) is 18.9. The van der Waals surface area contributed by atoms with Crippen LogP contribution in [0.15, 0.2) is 78.9 Å². The van der Waals surface area contributed by atoms with E-state index in [1.54, 1.807) is 36.4 Å². The molecule has 0 saturated heterocycles. The lowest BCUT2D eigenvalue weighted by Gasteiger charge is -2.20. The van der Waals surface area contributed by atoms with Crippen LogP contribution in [0.5, 0.6) is 0 Å². The molecule has 1 fully saturated rings. The summed E-state index contributed by atoms with van der Waals surface area (Å²) < 4.78 is 13.3. The van der Waals surface area contributed by atoms with E-state index in [0.29, 0.717) is 11.3 Å². The molecular formula is C24H21FN2O2. The second-order valence-corrected chi connectivity index (χ2v) is 7.21. The van der Waals surface area contributed by atoms with Gasteiger partial charge in [0.25, 0.3) is 5.91 Å². The lowest BCUT2D eigenvalue weighted by molar-refractivity contribution is -0.117. The van der Waals surface area contributed by atoms with Crippen LogP contribution in [0.1, 0.15) is 40.4 Å². The van der Waals surface area contributed by atoms with Crippen molar-refractivity contribution in [2.75, 3.05) is 5.32 Å². The average molecular weight is 388 g/mol. The topological polar surface area (TPSA) is 58.2 Å². The fourth-order valence-corrected chi connectivity index (χ4v) is 3.17. The fourth-order valence-electron chi connectivity index (χ4n) is 3.17. The number of benzene rings is 3. The van der Waals surface area contributed by atoms with Crippen LogP contribution in [0.25, 0.3) is 0 Å². The Hall–Kier alpha value is -3.47. The van der Waals surface area contributed by atoms with Gasteiger partial charge in [0.15, 0.2) is 0 Å². The van der Waals surface area contributed by atoms with Crippen LogP contribution < -0.4 is 10.6 Å². The van der Waals surface area contributed by atoms with E-state index in [2.05, 4.69) is 10.6 Å². The molecule has 2 N–H and O–H groups in total. The zero-order valence-electron chi connectivity index (χ0n) is 15.8. The van der Waals surface area contributed by atoms with Crippen molar-refractivity contribution in [2.24, 2.45) is 5.92 Å². The quantitative estimate of drug-likeness (QED) is 0.643. The van der Waals surface area contributed by atoms with Crippen molar-refractivity contribution in [3.63, 3.8) is 0 Å². The minimum absolute atomic E-state index is 0.0302. The third-order valence-corrected chi connectivity index (χ3v) is 4.97. The van der Waals surface area contributed by atoms with Crippen molar-refractivity contribution >= 4 is 17.5 Å². The smallest absolute Gasteiger partial charge is 0.252 e. The highest BCUT2D eigenvalue weighted by Gasteiger charge is 2.29. The lowest BCUT2D eigenvalue weighted by Crippen LogP contribution is -2.29. The van der Waals surface area contributed by atoms with Gasteiger partial charge in [-0.2, -0.15) is 0 Å². The SMILES string of the molecule is O=C(NC(c1ccccc1)c1ccc(F)cc1)c1ccc(NC(=O)C2CC2)cc1.